The molecule has 178 valence electrons. The second-order valence-corrected chi connectivity index (χ2v) is 10.2. The lowest BCUT2D eigenvalue weighted by molar-refractivity contribution is -0.163. The Hall–Kier alpha value is -0.440. The van der Waals surface area contributed by atoms with E-state index < -0.39 is 75.0 Å². The lowest BCUT2D eigenvalue weighted by Gasteiger charge is -2.27. The summed E-state index contributed by atoms with van der Waals surface area (Å²) in [7, 11) is -11.2. The van der Waals surface area contributed by atoms with Crippen LogP contribution in [0.1, 0.15) is 0 Å². The molecular weight excluding hydrogens is 523 g/mol. The first-order valence-corrected chi connectivity index (χ1v) is 10.6. The van der Waals surface area contributed by atoms with Crippen LogP contribution in [0.5, 0.6) is 0 Å². The number of nitrogens with zero attached hydrogens (tertiary/aromatic N) is 3. The summed E-state index contributed by atoms with van der Waals surface area (Å²) in [6, 6.07) is 0. The van der Waals surface area contributed by atoms with Crippen molar-refractivity contribution in [1.29, 1.82) is 0 Å². The Morgan fingerprint density at radius 3 is 1.13 bits per heavy atom. The number of hydrogen-bond donors (Lipinski definition) is 0. The third-order valence-corrected chi connectivity index (χ3v) is 8.24. The molecule has 0 aromatic heterocycles. The highest BCUT2D eigenvalue weighted by Gasteiger charge is 2.44. The van der Waals surface area contributed by atoms with E-state index in [0.29, 0.717) is 0 Å². The molecule has 0 aromatic rings. The number of halogens is 12. The molecule has 0 atom stereocenters. The van der Waals surface area contributed by atoms with Gasteiger partial charge in [-0.3, -0.25) is 18.1 Å². The van der Waals surface area contributed by atoms with Gasteiger partial charge in [-0.1, -0.05) is 0 Å². The van der Waals surface area contributed by atoms with Crippen molar-refractivity contribution in [3.63, 3.8) is 0 Å². The second-order valence-electron chi connectivity index (χ2n) is 4.89. The molecule has 0 amide bonds. The molecule has 0 N–H and O–H groups in total. The minimum atomic E-state index is -5.19. The smallest absolute Gasteiger partial charge is 0.297 e. The Morgan fingerprint density at radius 2 is 0.833 bits per heavy atom. The molecule has 0 aliphatic carbocycles. The van der Waals surface area contributed by atoms with Gasteiger partial charge in [0, 0.05) is 0 Å². The molecule has 30 heavy (non-hydrogen) atoms. The van der Waals surface area contributed by atoms with E-state index in [1.807, 2.05) is 0 Å². The van der Waals surface area contributed by atoms with Gasteiger partial charge in [0.1, 0.15) is 0 Å². The van der Waals surface area contributed by atoms with Crippen LogP contribution < -0.4 is 0 Å². The van der Waals surface area contributed by atoms with Crippen LogP contribution in [0, 0.1) is 0 Å². The monoisotopic (exact) mass is 531 g/mol. The molecule has 1 aliphatic rings. The minimum absolute atomic E-state index is 0.970. The van der Waals surface area contributed by atoms with E-state index >= 15 is 0 Å². The van der Waals surface area contributed by atoms with Crippen molar-refractivity contribution < 1.29 is 70.8 Å². The van der Waals surface area contributed by atoms with Crippen LogP contribution in [0.3, 0.4) is 0 Å². The summed E-state index contributed by atoms with van der Waals surface area (Å²) in [4.78, 5) is 0. The summed E-state index contributed by atoms with van der Waals surface area (Å²) in [5, 5.41) is 0. The number of rotatable bonds is 8. The van der Waals surface area contributed by atoms with Crippen LogP contribution in [0.15, 0.2) is 13.5 Å². The fourth-order valence-corrected chi connectivity index (χ4v) is 7.61. The molecule has 0 bridgehead atoms. The Labute approximate surface area is 160 Å². The van der Waals surface area contributed by atoms with E-state index in [2.05, 4.69) is 31.6 Å². The molecule has 0 fully saturated rings. The van der Waals surface area contributed by atoms with Crippen molar-refractivity contribution in [2.45, 2.75) is 24.7 Å². The highest BCUT2D eigenvalue weighted by atomic mass is 31.3. The predicted octanol–water partition coefficient (Wildman–Crippen LogP) is 7.25. The molecule has 1 aliphatic heterocycles. The van der Waals surface area contributed by atoms with Crippen LogP contribution in [0.4, 0.5) is 52.7 Å². The van der Waals surface area contributed by atoms with Gasteiger partial charge in [0.05, 0.1) is 0 Å². The summed E-state index contributed by atoms with van der Waals surface area (Å²) in [5.74, 6) is 0. The number of alkyl halides is 12. The van der Waals surface area contributed by atoms with Crippen LogP contribution in [0.25, 0.3) is 0 Å². The summed E-state index contributed by atoms with van der Waals surface area (Å²) in [5.41, 5.74) is 0. The van der Waals surface area contributed by atoms with E-state index in [-0.39, 0.29) is 0 Å². The Morgan fingerprint density at radius 1 is 0.533 bits per heavy atom. The summed E-state index contributed by atoms with van der Waals surface area (Å²) in [6.45, 7) is -9.33. The van der Waals surface area contributed by atoms with E-state index in [1.54, 1.807) is 0 Å². The topological polar surface area (TPSA) is 74.0 Å². The van der Waals surface area contributed by atoms with Gasteiger partial charge < -0.3 is 0 Å². The molecule has 0 saturated heterocycles. The van der Waals surface area contributed by atoms with Crippen LogP contribution >= 0.6 is 23.8 Å². The molecule has 0 spiro atoms. The molecular formula is C8H8F12N3O4P3. The first kappa shape index (κ1) is 27.6. The SMILES string of the molecule is FC(F)(F)COP1(OCC(F)(F)F)=NP=NP(OCC(F)(F)F)(OCC(F)(F)F)=N1. The van der Waals surface area contributed by atoms with E-state index in [9.17, 15) is 52.7 Å². The van der Waals surface area contributed by atoms with E-state index in [4.69, 9.17) is 0 Å². The predicted molar refractivity (Wildman–Crippen MR) is 76.1 cm³/mol. The standard InChI is InChI=1S/C8H8F12N3O4P3/c9-5(10,11)1-24-29(25-2-6(12,13)14)21-28-22-30(23-29,26-3-7(15,16)17)27-4-8(18,19)20/h1-4H2. The van der Waals surface area contributed by atoms with Gasteiger partial charge in [-0.2, -0.15) is 61.7 Å². The van der Waals surface area contributed by atoms with E-state index in [1.165, 1.54) is 0 Å². The Kier molecular flexibility index (Phi) is 8.82. The van der Waals surface area contributed by atoms with Crippen molar-refractivity contribution >= 4 is 23.8 Å². The van der Waals surface area contributed by atoms with Crippen molar-refractivity contribution in [2.24, 2.45) is 13.5 Å². The van der Waals surface area contributed by atoms with E-state index in [0.717, 1.165) is 0 Å². The maximum Gasteiger partial charge on any atom is 0.412 e. The third kappa shape index (κ3) is 11.3. The summed E-state index contributed by atoms with van der Waals surface area (Å²) >= 11 is 0. The zero-order chi connectivity index (χ0) is 23.5. The van der Waals surface area contributed by atoms with Gasteiger partial charge in [0.15, 0.2) is 35.0 Å². The molecule has 7 nitrogen and oxygen atoms in total. The maximum absolute atomic E-state index is 12.4. The molecule has 22 heteroatoms. The van der Waals surface area contributed by atoms with Crippen LogP contribution in [-0.4, -0.2) is 51.1 Å². The van der Waals surface area contributed by atoms with Crippen molar-refractivity contribution in [3.05, 3.63) is 0 Å². The largest absolute Gasteiger partial charge is 0.412 e. The minimum Gasteiger partial charge on any atom is -0.297 e. The van der Waals surface area contributed by atoms with Crippen molar-refractivity contribution in [2.75, 3.05) is 26.4 Å². The quantitative estimate of drug-likeness (QED) is 0.244. The summed E-state index contributed by atoms with van der Waals surface area (Å²) in [6.07, 6.45) is -20.8. The van der Waals surface area contributed by atoms with Gasteiger partial charge >= 0.3 is 40.0 Å². The molecule has 1 heterocycles. The number of hydrogen-bond acceptors (Lipinski definition) is 7. The first-order valence-electron chi connectivity index (χ1n) is 6.77. The van der Waals surface area contributed by atoms with Gasteiger partial charge in [-0.05, 0) is 0 Å². The highest BCUT2D eigenvalue weighted by Crippen LogP contribution is 2.72. The fourth-order valence-electron chi connectivity index (χ4n) is 1.21. The molecule has 1 rings (SSSR count). The highest BCUT2D eigenvalue weighted by molar-refractivity contribution is 7.72. The second kappa shape index (κ2) is 9.59. The van der Waals surface area contributed by atoms with Gasteiger partial charge in [0.25, 0.3) is 0 Å². The van der Waals surface area contributed by atoms with Gasteiger partial charge in [-0.15, -0.1) is 4.52 Å². The average molecular weight is 531 g/mol. The normalized spacial score (nSPS) is 19.9. The van der Waals surface area contributed by atoms with Crippen LogP contribution in [-0.2, 0) is 18.1 Å². The maximum atomic E-state index is 12.4. The Balaban J connectivity index is 3.39. The molecule has 0 saturated carbocycles. The lowest BCUT2D eigenvalue weighted by Crippen LogP contribution is -2.21. The van der Waals surface area contributed by atoms with Gasteiger partial charge in [-0.25, -0.2) is 0 Å². The van der Waals surface area contributed by atoms with Gasteiger partial charge in [0.2, 0.25) is 0 Å². The lowest BCUT2D eigenvalue weighted by atomic mass is 10.7. The van der Waals surface area contributed by atoms with Crippen molar-refractivity contribution in [3.8, 4) is 0 Å². The molecule has 0 unspecified atom stereocenters. The fraction of sp³-hybridized carbons (Fsp3) is 1.00. The zero-order valence-corrected chi connectivity index (χ0v) is 16.4. The molecule has 0 aromatic carbocycles. The molecule has 0 radical (unpaired) electrons. The van der Waals surface area contributed by atoms with Crippen LogP contribution in [0.2, 0.25) is 0 Å². The van der Waals surface area contributed by atoms with Crippen molar-refractivity contribution in [1.82, 2.24) is 0 Å². The Bertz CT molecular complexity index is 645. The first-order chi connectivity index (χ1) is 13.2. The summed E-state index contributed by atoms with van der Waals surface area (Å²) < 4.78 is 174. The third-order valence-electron chi connectivity index (χ3n) is 2.12. The average Bonchev–Trinajstić information content (AvgIpc) is 2.53. The zero-order valence-electron chi connectivity index (χ0n) is 13.7.